The summed E-state index contributed by atoms with van der Waals surface area (Å²) in [6.07, 6.45) is 0. The fourth-order valence-corrected chi connectivity index (χ4v) is 4.82. The van der Waals surface area contributed by atoms with E-state index in [-0.39, 0.29) is 11.5 Å². The highest BCUT2D eigenvalue weighted by Gasteiger charge is 2.22. The lowest BCUT2D eigenvalue weighted by Gasteiger charge is -2.34. The molecule has 1 aliphatic rings. The van der Waals surface area contributed by atoms with E-state index in [9.17, 15) is 9.59 Å². The topological polar surface area (TPSA) is 61.3 Å². The van der Waals surface area contributed by atoms with Gasteiger partial charge in [-0.25, -0.2) is 0 Å². The maximum absolute atomic E-state index is 13.2. The van der Waals surface area contributed by atoms with Crippen molar-refractivity contribution in [3.8, 4) is 0 Å². The molecule has 0 aliphatic carbocycles. The molecule has 1 aliphatic heterocycles. The molecule has 0 saturated carbocycles. The maximum atomic E-state index is 13.2. The van der Waals surface area contributed by atoms with Crippen LogP contribution in [-0.2, 0) is 13.1 Å². The van der Waals surface area contributed by atoms with Crippen LogP contribution in [0.2, 0.25) is 5.02 Å². The second kappa shape index (κ2) is 10.2. The SMILES string of the molecule is O=C(c1ccc2c(=O)n(Cc3ccc(Cl)cc3)c(=S)[nH]c2c1)N1CCN(Cc2ccccc2)CC1. The second-order valence-corrected chi connectivity index (χ2v) is 9.59. The number of fused-ring (bicyclic) bond motifs is 1. The van der Waals surface area contributed by atoms with Gasteiger partial charge in [-0.15, -0.1) is 0 Å². The minimum absolute atomic E-state index is 0.0316. The molecule has 1 amide bonds. The minimum Gasteiger partial charge on any atom is -0.336 e. The van der Waals surface area contributed by atoms with Gasteiger partial charge in [-0.3, -0.25) is 19.1 Å². The molecule has 0 bridgehead atoms. The number of carbonyl (C=O) groups excluding carboxylic acids is 1. The van der Waals surface area contributed by atoms with Gasteiger partial charge < -0.3 is 9.88 Å². The number of carbonyl (C=O) groups is 1. The van der Waals surface area contributed by atoms with E-state index in [1.807, 2.05) is 35.2 Å². The molecular weight excluding hydrogens is 480 g/mol. The van der Waals surface area contributed by atoms with Crippen LogP contribution in [0.15, 0.2) is 77.6 Å². The van der Waals surface area contributed by atoms with E-state index >= 15 is 0 Å². The van der Waals surface area contributed by atoms with Gasteiger partial charge >= 0.3 is 0 Å². The zero-order valence-electron chi connectivity index (χ0n) is 19.1. The molecule has 178 valence electrons. The van der Waals surface area contributed by atoms with E-state index in [1.54, 1.807) is 30.3 Å². The summed E-state index contributed by atoms with van der Waals surface area (Å²) in [4.78, 5) is 33.7. The van der Waals surface area contributed by atoms with Crippen molar-refractivity contribution in [1.82, 2.24) is 19.4 Å². The Morgan fingerprint density at radius 2 is 1.57 bits per heavy atom. The number of nitrogens with zero attached hydrogens (tertiary/aromatic N) is 3. The van der Waals surface area contributed by atoms with Crippen LogP contribution in [0.1, 0.15) is 21.5 Å². The molecule has 0 unspecified atom stereocenters. The third-order valence-electron chi connectivity index (χ3n) is 6.39. The molecule has 1 aromatic heterocycles. The Hall–Kier alpha value is -3.26. The van der Waals surface area contributed by atoms with Crippen molar-refractivity contribution in [2.45, 2.75) is 13.1 Å². The van der Waals surface area contributed by atoms with Crippen LogP contribution in [0, 0.1) is 4.77 Å². The number of rotatable bonds is 5. The number of benzene rings is 3. The van der Waals surface area contributed by atoms with Gasteiger partial charge in [0.15, 0.2) is 4.77 Å². The second-order valence-electron chi connectivity index (χ2n) is 8.76. The molecule has 0 radical (unpaired) electrons. The number of aromatic nitrogens is 2. The van der Waals surface area contributed by atoms with Gasteiger partial charge in [0.25, 0.3) is 11.5 Å². The van der Waals surface area contributed by atoms with E-state index < -0.39 is 0 Å². The van der Waals surface area contributed by atoms with Gasteiger partial charge in [-0.05, 0) is 53.7 Å². The molecule has 0 atom stereocenters. The summed E-state index contributed by atoms with van der Waals surface area (Å²) in [7, 11) is 0. The molecule has 1 fully saturated rings. The summed E-state index contributed by atoms with van der Waals surface area (Å²) in [5.41, 5.74) is 3.13. The lowest BCUT2D eigenvalue weighted by Crippen LogP contribution is -2.48. The third-order valence-corrected chi connectivity index (χ3v) is 6.97. The van der Waals surface area contributed by atoms with Gasteiger partial charge in [0.1, 0.15) is 0 Å². The Morgan fingerprint density at radius 1 is 0.886 bits per heavy atom. The normalized spacial score (nSPS) is 14.4. The van der Waals surface area contributed by atoms with Gasteiger partial charge in [0.2, 0.25) is 0 Å². The minimum atomic E-state index is -0.188. The molecular formula is C27H25ClN4O2S. The van der Waals surface area contributed by atoms with Gasteiger partial charge in [-0.1, -0.05) is 54.1 Å². The van der Waals surface area contributed by atoms with Crippen LogP contribution >= 0.6 is 23.8 Å². The first-order chi connectivity index (χ1) is 17.0. The van der Waals surface area contributed by atoms with E-state index in [0.29, 0.717) is 45.9 Å². The Kier molecular flexibility index (Phi) is 6.81. The van der Waals surface area contributed by atoms with E-state index in [1.165, 1.54) is 10.1 Å². The molecule has 5 rings (SSSR count). The number of piperazine rings is 1. The molecule has 1 N–H and O–H groups in total. The first kappa shape index (κ1) is 23.5. The number of nitrogens with one attached hydrogen (secondary N) is 1. The molecule has 6 nitrogen and oxygen atoms in total. The highest BCUT2D eigenvalue weighted by molar-refractivity contribution is 7.71. The zero-order valence-corrected chi connectivity index (χ0v) is 20.7. The summed E-state index contributed by atoms with van der Waals surface area (Å²) in [5, 5.41) is 1.14. The Bertz CT molecular complexity index is 1470. The van der Waals surface area contributed by atoms with Crippen LogP contribution in [-0.4, -0.2) is 51.4 Å². The average Bonchev–Trinajstić information content (AvgIpc) is 2.88. The first-order valence-corrected chi connectivity index (χ1v) is 12.3. The number of hydrogen-bond donors (Lipinski definition) is 1. The van der Waals surface area contributed by atoms with Crippen LogP contribution < -0.4 is 5.56 Å². The summed E-state index contributed by atoms with van der Waals surface area (Å²) in [6, 6.07) is 22.8. The van der Waals surface area contributed by atoms with Crippen molar-refractivity contribution in [1.29, 1.82) is 0 Å². The summed E-state index contributed by atoms with van der Waals surface area (Å²) in [6.45, 7) is 4.22. The number of aromatic amines is 1. The summed E-state index contributed by atoms with van der Waals surface area (Å²) < 4.78 is 1.84. The number of amides is 1. The number of H-pyrrole nitrogens is 1. The van der Waals surface area contributed by atoms with Gasteiger partial charge in [-0.2, -0.15) is 0 Å². The first-order valence-electron chi connectivity index (χ1n) is 11.5. The fourth-order valence-electron chi connectivity index (χ4n) is 4.44. The summed E-state index contributed by atoms with van der Waals surface area (Å²) in [5.74, 6) is -0.0316. The standard InChI is InChI=1S/C27H25ClN4O2S/c28-22-9-6-20(7-10-22)18-32-26(34)23-11-8-21(16-24(23)29-27(32)35)25(33)31-14-12-30(13-15-31)17-19-4-2-1-3-5-19/h1-11,16H,12-15,17-18H2,(H,29,35). The highest BCUT2D eigenvalue weighted by atomic mass is 35.5. The smallest absolute Gasteiger partial charge is 0.262 e. The van der Waals surface area contributed by atoms with Crippen molar-refractivity contribution in [2.75, 3.05) is 26.2 Å². The Morgan fingerprint density at radius 3 is 2.29 bits per heavy atom. The van der Waals surface area contributed by atoms with Crippen molar-refractivity contribution in [3.05, 3.63) is 110 Å². The largest absolute Gasteiger partial charge is 0.336 e. The molecule has 1 saturated heterocycles. The van der Waals surface area contributed by atoms with Crippen LogP contribution in [0.4, 0.5) is 0 Å². The Labute approximate surface area is 213 Å². The molecule has 35 heavy (non-hydrogen) atoms. The Balaban J connectivity index is 1.31. The lowest BCUT2D eigenvalue weighted by atomic mass is 10.1. The summed E-state index contributed by atoms with van der Waals surface area (Å²) >= 11 is 11.4. The quantitative estimate of drug-likeness (QED) is 0.399. The van der Waals surface area contributed by atoms with Crippen molar-refractivity contribution < 1.29 is 4.79 Å². The van der Waals surface area contributed by atoms with Crippen molar-refractivity contribution >= 4 is 40.6 Å². The van der Waals surface area contributed by atoms with Crippen molar-refractivity contribution in [2.24, 2.45) is 0 Å². The van der Waals surface area contributed by atoms with Gasteiger partial charge in [0.05, 0.1) is 17.4 Å². The number of halogens is 1. The van der Waals surface area contributed by atoms with E-state index in [4.69, 9.17) is 23.8 Å². The van der Waals surface area contributed by atoms with E-state index in [0.717, 1.165) is 25.2 Å². The van der Waals surface area contributed by atoms with Crippen LogP contribution in [0.25, 0.3) is 10.9 Å². The fraction of sp³-hybridized carbons (Fsp3) is 0.222. The lowest BCUT2D eigenvalue weighted by molar-refractivity contribution is 0.0628. The third kappa shape index (κ3) is 5.22. The van der Waals surface area contributed by atoms with Crippen LogP contribution in [0.5, 0.6) is 0 Å². The maximum Gasteiger partial charge on any atom is 0.262 e. The molecule has 2 heterocycles. The molecule has 3 aromatic carbocycles. The van der Waals surface area contributed by atoms with E-state index in [2.05, 4.69) is 22.0 Å². The van der Waals surface area contributed by atoms with Crippen molar-refractivity contribution in [3.63, 3.8) is 0 Å². The zero-order chi connectivity index (χ0) is 24.4. The molecule has 0 spiro atoms. The monoisotopic (exact) mass is 504 g/mol. The van der Waals surface area contributed by atoms with Gasteiger partial charge in [0, 0.05) is 43.3 Å². The molecule has 4 aromatic rings. The highest BCUT2D eigenvalue weighted by Crippen LogP contribution is 2.16. The average molecular weight is 505 g/mol. The van der Waals surface area contributed by atoms with Crippen LogP contribution in [0.3, 0.4) is 0 Å². The molecule has 8 heteroatoms. The number of hydrogen-bond acceptors (Lipinski definition) is 4. The predicted molar refractivity (Wildman–Crippen MR) is 142 cm³/mol. The predicted octanol–water partition coefficient (Wildman–Crippen LogP) is 4.72.